The van der Waals surface area contributed by atoms with E-state index in [-0.39, 0.29) is 6.42 Å². The number of carboxylic acids is 1. The van der Waals surface area contributed by atoms with Gasteiger partial charge in [0, 0.05) is 23.5 Å². The monoisotopic (exact) mass is 417 g/mol. The van der Waals surface area contributed by atoms with Crippen LogP contribution in [0.15, 0.2) is 60.8 Å². The van der Waals surface area contributed by atoms with Gasteiger partial charge in [-0.2, -0.15) is 0 Å². The minimum atomic E-state index is -1.54. The van der Waals surface area contributed by atoms with Crippen LogP contribution in [-0.2, 0) is 14.3 Å². The molecule has 1 aromatic heterocycles. The van der Waals surface area contributed by atoms with E-state index in [1.165, 1.54) is 10.9 Å². The van der Waals surface area contributed by atoms with Gasteiger partial charge < -0.3 is 10.1 Å². The molecule has 23 heavy (non-hydrogen) atoms. The van der Waals surface area contributed by atoms with Gasteiger partial charge in [0.2, 0.25) is 0 Å². The van der Waals surface area contributed by atoms with Crippen molar-refractivity contribution in [2.45, 2.75) is 19.3 Å². The van der Waals surface area contributed by atoms with Crippen molar-refractivity contribution in [1.82, 2.24) is 4.98 Å². The van der Waals surface area contributed by atoms with Crippen molar-refractivity contribution < 1.29 is 13.0 Å². The fourth-order valence-electron chi connectivity index (χ4n) is 2.30. The van der Waals surface area contributed by atoms with E-state index in [4.69, 9.17) is 5.11 Å². The SMILES string of the molecule is O=C(O)CCCc1c[nH]c2ccccc12.[O]=[SnH][c]1ccccc1. The predicted molar refractivity (Wildman–Crippen MR) is 92.8 cm³/mol. The van der Waals surface area contributed by atoms with E-state index in [1.807, 2.05) is 54.7 Å². The van der Waals surface area contributed by atoms with Crippen LogP contribution in [0, 0.1) is 0 Å². The molecular weight excluding hydrogens is 397 g/mol. The number of aromatic amines is 1. The molecule has 0 saturated heterocycles. The number of nitrogens with one attached hydrogen (secondary N) is 1. The summed E-state index contributed by atoms with van der Waals surface area (Å²) >= 11 is -1.54. The number of benzene rings is 2. The Morgan fingerprint density at radius 2 is 1.74 bits per heavy atom. The number of aromatic nitrogens is 1. The van der Waals surface area contributed by atoms with E-state index in [0.717, 1.165) is 15.5 Å². The average Bonchev–Trinajstić information content (AvgIpc) is 2.99. The zero-order valence-electron chi connectivity index (χ0n) is 12.7. The van der Waals surface area contributed by atoms with Crippen LogP contribution in [0.4, 0.5) is 0 Å². The Hall–Kier alpha value is -1.95. The van der Waals surface area contributed by atoms with Gasteiger partial charge in [0.05, 0.1) is 0 Å². The van der Waals surface area contributed by atoms with E-state index in [2.05, 4.69) is 11.1 Å². The molecular formula is C18H19NO3Sn. The number of aliphatic carboxylic acids is 1. The van der Waals surface area contributed by atoms with Gasteiger partial charge in [-0.15, -0.1) is 0 Å². The molecule has 0 aliphatic carbocycles. The summed E-state index contributed by atoms with van der Waals surface area (Å²) in [6.07, 6.45) is 3.71. The molecule has 118 valence electrons. The zero-order valence-corrected chi connectivity index (χ0v) is 16.0. The van der Waals surface area contributed by atoms with Crippen LogP contribution >= 0.6 is 0 Å². The molecule has 0 bridgehead atoms. The van der Waals surface area contributed by atoms with Crippen molar-refractivity contribution in [2.75, 3.05) is 0 Å². The zero-order chi connectivity index (χ0) is 16.5. The second-order valence-corrected chi connectivity index (χ2v) is 7.71. The number of fused-ring (bicyclic) bond motifs is 1. The minimum absolute atomic E-state index is 0.236. The van der Waals surface area contributed by atoms with Crippen molar-refractivity contribution in [3.8, 4) is 0 Å². The third-order valence-corrected chi connectivity index (χ3v) is 5.32. The third-order valence-electron chi connectivity index (χ3n) is 3.45. The van der Waals surface area contributed by atoms with Gasteiger partial charge in [-0.3, -0.25) is 4.79 Å². The van der Waals surface area contributed by atoms with E-state index in [9.17, 15) is 7.87 Å². The number of aryl methyl sites for hydroxylation is 1. The number of carboxylic acid groups (broad SMARTS) is 1. The van der Waals surface area contributed by atoms with Crippen molar-refractivity contribution in [3.63, 3.8) is 0 Å². The standard InChI is InChI=1S/C12H13NO2.C6H5.O.Sn.H/c14-12(15)7-3-4-9-8-13-11-6-2-1-5-10(9)11;1-2-4-6-5-3-1;;;/h1-2,5-6,8,13H,3-4,7H2,(H,14,15);1-5H;;;. The quantitative estimate of drug-likeness (QED) is 0.629. The average molecular weight is 416 g/mol. The van der Waals surface area contributed by atoms with Crippen LogP contribution in [0.3, 0.4) is 0 Å². The molecule has 2 aromatic carbocycles. The first-order valence-electron chi connectivity index (χ1n) is 7.47. The Bertz CT molecular complexity index is 768. The van der Waals surface area contributed by atoms with Gasteiger partial charge >= 0.3 is 64.1 Å². The molecule has 0 amide bonds. The van der Waals surface area contributed by atoms with Gasteiger partial charge in [-0.25, -0.2) is 0 Å². The molecule has 0 atom stereocenters. The van der Waals surface area contributed by atoms with Gasteiger partial charge in [0.1, 0.15) is 0 Å². The maximum absolute atomic E-state index is 10.4. The number of rotatable bonds is 5. The fraction of sp³-hybridized carbons (Fsp3) is 0.167. The number of carbonyl (C=O) groups is 1. The van der Waals surface area contributed by atoms with Crippen molar-refractivity contribution in [2.24, 2.45) is 0 Å². The summed E-state index contributed by atoms with van der Waals surface area (Å²) < 4.78 is 11.4. The van der Waals surface area contributed by atoms with Gasteiger partial charge in [0.25, 0.3) is 0 Å². The van der Waals surface area contributed by atoms with Crippen LogP contribution in [-0.4, -0.2) is 37.2 Å². The van der Waals surface area contributed by atoms with Gasteiger partial charge in [0.15, 0.2) is 0 Å². The molecule has 0 saturated carbocycles. The Kier molecular flexibility index (Phi) is 7.00. The molecule has 1 heterocycles. The molecule has 5 heteroatoms. The molecule has 3 aromatic rings. The maximum atomic E-state index is 10.4. The number of hydrogen-bond donors (Lipinski definition) is 2. The van der Waals surface area contributed by atoms with Crippen LogP contribution in [0.25, 0.3) is 10.9 Å². The molecule has 0 aliphatic rings. The van der Waals surface area contributed by atoms with Crippen molar-refractivity contribution in [3.05, 3.63) is 66.4 Å². The molecule has 0 aliphatic heterocycles. The summed E-state index contributed by atoms with van der Waals surface area (Å²) in [5.74, 6) is -0.727. The summed E-state index contributed by atoms with van der Waals surface area (Å²) in [5.41, 5.74) is 2.31. The van der Waals surface area contributed by atoms with Crippen molar-refractivity contribution in [1.29, 1.82) is 0 Å². The van der Waals surface area contributed by atoms with Crippen LogP contribution in [0.5, 0.6) is 0 Å². The topological polar surface area (TPSA) is 70.2 Å². The first-order chi connectivity index (χ1) is 11.2. The predicted octanol–water partition coefficient (Wildman–Crippen LogP) is 2.67. The summed E-state index contributed by atoms with van der Waals surface area (Å²) in [4.78, 5) is 13.6. The van der Waals surface area contributed by atoms with Gasteiger partial charge in [-0.1, -0.05) is 18.2 Å². The van der Waals surface area contributed by atoms with E-state index >= 15 is 0 Å². The molecule has 0 spiro atoms. The van der Waals surface area contributed by atoms with Crippen LogP contribution in [0.1, 0.15) is 18.4 Å². The Morgan fingerprint density at radius 1 is 1.04 bits per heavy atom. The summed E-state index contributed by atoms with van der Waals surface area (Å²) in [5, 5.41) is 9.74. The fourth-order valence-corrected chi connectivity index (χ4v) is 3.38. The summed E-state index contributed by atoms with van der Waals surface area (Å²) in [6.45, 7) is 0. The molecule has 0 radical (unpaired) electrons. The van der Waals surface area contributed by atoms with Crippen LogP contribution in [0.2, 0.25) is 0 Å². The van der Waals surface area contributed by atoms with Gasteiger partial charge in [-0.05, 0) is 24.5 Å². The summed E-state index contributed by atoms with van der Waals surface area (Å²) in [7, 11) is 0. The second-order valence-electron chi connectivity index (χ2n) is 5.14. The van der Waals surface area contributed by atoms with E-state index in [1.54, 1.807) is 0 Å². The van der Waals surface area contributed by atoms with E-state index in [0.29, 0.717) is 6.42 Å². The number of para-hydroxylation sites is 1. The normalized spacial score (nSPS) is 9.91. The number of H-pyrrole nitrogens is 1. The van der Waals surface area contributed by atoms with Crippen molar-refractivity contribution >= 4 is 41.6 Å². The Labute approximate surface area is 145 Å². The molecule has 2 N–H and O–H groups in total. The third kappa shape index (κ3) is 5.63. The number of hydrogen-bond acceptors (Lipinski definition) is 2. The molecule has 4 nitrogen and oxygen atoms in total. The first kappa shape index (κ1) is 17.4. The first-order valence-corrected chi connectivity index (χ1v) is 10.5. The Balaban J connectivity index is 0.000000203. The molecule has 3 rings (SSSR count). The van der Waals surface area contributed by atoms with E-state index < -0.39 is 27.1 Å². The molecule has 0 fully saturated rings. The molecule has 0 unspecified atom stereocenters. The summed E-state index contributed by atoms with van der Waals surface area (Å²) in [6, 6.07) is 17.6. The Morgan fingerprint density at radius 3 is 2.39 bits per heavy atom. The second kappa shape index (κ2) is 9.25. The van der Waals surface area contributed by atoms with Crippen LogP contribution < -0.4 is 3.58 Å².